The summed E-state index contributed by atoms with van der Waals surface area (Å²) >= 11 is 0. The minimum Gasteiger partial charge on any atom is -0.478 e. The second kappa shape index (κ2) is 17.6. The Morgan fingerprint density at radius 3 is 1.81 bits per heavy atom. The molecule has 7 heteroatoms. The molecule has 7 nitrogen and oxygen atoms in total. The van der Waals surface area contributed by atoms with Gasteiger partial charge in [-0.25, -0.2) is 9.59 Å². The van der Waals surface area contributed by atoms with Crippen LogP contribution in [0.4, 0.5) is 0 Å². The SMILES string of the molecule is C=CC(=O)NC(C)C.C=CC(=O)O.C=CC(=O)OCCO. The Kier molecular flexibility index (Phi) is 19.8. The van der Waals surface area contributed by atoms with Crippen LogP contribution < -0.4 is 5.32 Å². The third-order valence-electron chi connectivity index (χ3n) is 1.29. The number of aliphatic hydroxyl groups is 1. The highest BCUT2D eigenvalue weighted by Gasteiger charge is 1.93. The van der Waals surface area contributed by atoms with Crippen LogP contribution in [0.1, 0.15) is 13.8 Å². The maximum absolute atomic E-state index is 10.4. The second-order valence-electron chi connectivity index (χ2n) is 3.51. The molecule has 0 radical (unpaired) electrons. The predicted molar refractivity (Wildman–Crippen MR) is 79.6 cm³/mol. The van der Waals surface area contributed by atoms with Crippen LogP contribution in [0.15, 0.2) is 38.0 Å². The number of hydrogen-bond donors (Lipinski definition) is 3. The molecule has 0 rings (SSSR count). The van der Waals surface area contributed by atoms with Gasteiger partial charge in [0.2, 0.25) is 5.91 Å². The molecule has 1 amide bonds. The number of aliphatic hydroxyl groups excluding tert-OH is 1. The number of carboxylic acid groups (broad SMARTS) is 1. The summed E-state index contributed by atoms with van der Waals surface area (Å²) < 4.78 is 4.33. The molecule has 120 valence electrons. The molecule has 0 bridgehead atoms. The highest BCUT2D eigenvalue weighted by Crippen LogP contribution is 1.76. The van der Waals surface area contributed by atoms with Gasteiger partial charge >= 0.3 is 11.9 Å². The van der Waals surface area contributed by atoms with Crippen molar-refractivity contribution < 1.29 is 29.3 Å². The van der Waals surface area contributed by atoms with Crippen molar-refractivity contribution in [3.05, 3.63) is 38.0 Å². The van der Waals surface area contributed by atoms with Crippen LogP contribution in [0.25, 0.3) is 0 Å². The van der Waals surface area contributed by atoms with E-state index in [0.29, 0.717) is 0 Å². The maximum atomic E-state index is 10.4. The van der Waals surface area contributed by atoms with E-state index in [1.54, 1.807) is 0 Å². The van der Waals surface area contributed by atoms with E-state index in [9.17, 15) is 14.4 Å². The lowest BCUT2D eigenvalue weighted by Crippen LogP contribution is -2.27. The topological polar surface area (TPSA) is 113 Å². The predicted octanol–water partition coefficient (Wildman–Crippen LogP) is 0.662. The molecule has 0 saturated heterocycles. The van der Waals surface area contributed by atoms with Crippen molar-refractivity contribution in [1.82, 2.24) is 5.32 Å². The fourth-order valence-corrected chi connectivity index (χ4v) is 0.549. The smallest absolute Gasteiger partial charge is 0.330 e. The molecule has 0 aromatic heterocycles. The molecule has 0 atom stereocenters. The monoisotopic (exact) mass is 301 g/mol. The van der Waals surface area contributed by atoms with Crippen LogP contribution in [-0.4, -0.2) is 47.3 Å². The number of esters is 1. The molecule has 0 aliphatic carbocycles. The van der Waals surface area contributed by atoms with E-state index in [2.05, 4.69) is 29.8 Å². The van der Waals surface area contributed by atoms with Gasteiger partial charge in [-0.2, -0.15) is 0 Å². The minimum atomic E-state index is -0.981. The third kappa shape index (κ3) is 31.8. The number of carboxylic acids is 1. The van der Waals surface area contributed by atoms with Crippen molar-refractivity contribution in [3.63, 3.8) is 0 Å². The average Bonchev–Trinajstić information content (AvgIpc) is 2.45. The van der Waals surface area contributed by atoms with E-state index < -0.39 is 11.9 Å². The fraction of sp³-hybridized carbons (Fsp3) is 0.357. The second-order valence-corrected chi connectivity index (χ2v) is 3.51. The van der Waals surface area contributed by atoms with Crippen LogP contribution in [0, 0.1) is 0 Å². The van der Waals surface area contributed by atoms with Gasteiger partial charge in [0, 0.05) is 18.2 Å². The third-order valence-corrected chi connectivity index (χ3v) is 1.29. The highest BCUT2D eigenvalue weighted by molar-refractivity contribution is 5.86. The van der Waals surface area contributed by atoms with E-state index in [1.807, 2.05) is 13.8 Å². The number of aliphatic carboxylic acids is 1. The zero-order valence-electron chi connectivity index (χ0n) is 12.4. The largest absolute Gasteiger partial charge is 0.478 e. The van der Waals surface area contributed by atoms with Crippen molar-refractivity contribution in [1.29, 1.82) is 0 Å². The Labute approximate surface area is 124 Å². The molecule has 0 heterocycles. The van der Waals surface area contributed by atoms with Gasteiger partial charge in [-0.05, 0) is 19.9 Å². The zero-order chi connectivity index (χ0) is 17.3. The standard InChI is InChI=1S/C6H11NO.C5H8O3.C3H4O2/c1-4-6(8)7-5(2)3;1-2-5(7)8-4-3-6;1-2-3(4)5/h4-5H,1H2,2-3H3,(H,7,8);2,6H,1,3-4H2;2H,1H2,(H,4,5). The molecular formula is C14H23NO6. The zero-order valence-corrected chi connectivity index (χ0v) is 12.4. The van der Waals surface area contributed by atoms with Gasteiger partial charge < -0.3 is 20.3 Å². The first-order valence-electron chi connectivity index (χ1n) is 5.93. The number of ether oxygens (including phenoxy) is 1. The van der Waals surface area contributed by atoms with Crippen molar-refractivity contribution in [2.45, 2.75) is 19.9 Å². The summed E-state index contributed by atoms with van der Waals surface area (Å²) in [6.07, 6.45) is 3.15. The quantitative estimate of drug-likeness (QED) is 0.491. The highest BCUT2D eigenvalue weighted by atomic mass is 16.5. The normalized spacial score (nSPS) is 8.00. The number of amides is 1. The van der Waals surface area contributed by atoms with Crippen molar-refractivity contribution in [2.24, 2.45) is 0 Å². The molecular weight excluding hydrogens is 278 g/mol. The molecule has 0 spiro atoms. The molecule has 21 heavy (non-hydrogen) atoms. The van der Waals surface area contributed by atoms with Crippen LogP contribution in [0.3, 0.4) is 0 Å². The summed E-state index contributed by atoms with van der Waals surface area (Å²) in [6, 6.07) is 0.209. The minimum absolute atomic E-state index is 0.0465. The lowest BCUT2D eigenvalue weighted by molar-refractivity contribution is -0.138. The van der Waals surface area contributed by atoms with Gasteiger partial charge in [0.25, 0.3) is 0 Å². The summed E-state index contributed by atoms with van der Waals surface area (Å²) in [5, 5.41) is 18.3. The van der Waals surface area contributed by atoms with Gasteiger partial charge in [0.05, 0.1) is 6.61 Å². The van der Waals surface area contributed by atoms with Crippen LogP contribution in [-0.2, 0) is 19.1 Å². The van der Waals surface area contributed by atoms with Crippen molar-refractivity contribution in [3.8, 4) is 0 Å². The Balaban J connectivity index is -0.000000239. The Morgan fingerprint density at radius 1 is 1.14 bits per heavy atom. The summed E-state index contributed by atoms with van der Waals surface area (Å²) in [6.45, 7) is 13.1. The number of nitrogens with one attached hydrogen (secondary N) is 1. The van der Waals surface area contributed by atoms with E-state index in [0.717, 1.165) is 12.2 Å². The number of rotatable bonds is 6. The van der Waals surface area contributed by atoms with Crippen molar-refractivity contribution in [2.75, 3.05) is 13.2 Å². The molecule has 0 aliphatic heterocycles. The van der Waals surface area contributed by atoms with E-state index in [1.165, 1.54) is 6.08 Å². The summed E-state index contributed by atoms with van der Waals surface area (Å²) in [5.41, 5.74) is 0. The molecule has 0 fully saturated rings. The van der Waals surface area contributed by atoms with Gasteiger partial charge in [0.15, 0.2) is 0 Å². The van der Waals surface area contributed by atoms with Crippen molar-refractivity contribution >= 4 is 17.8 Å². The van der Waals surface area contributed by atoms with Gasteiger partial charge in [0.1, 0.15) is 6.61 Å². The maximum Gasteiger partial charge on any atom is 0.330 e. The molecule has 0 saturated carbocycles. The Morgan fingerprint density at radius 2 is 1.62 bits per heavy atom. The summed E-state index contributed by atoms with van der Waals surface area (Å²) in [7, 11) is 0. The Bertz CT molecular complexity index is 349. The van der Waals surface area contributed by atoms with Crippen LogP contribution in [0.5, 0.6) is 0 Å². The molecule has 3 N–H and O–H groups in total. The molecule has 0 aliphatic rings. The number of carbonyl (C=O) groups excluding carboxylic acids is 2. The van der Waals surface area contributed by atoms with Gasteiger partial charge in [-0.15, -0.1) is 0 Å². The molecule has 0 aromatic rings. The van der Waals surface area contributed by atoms with E-state index >= 15 is 0 Å². The number of hydrogen-bond acceptors (Lipinski definition) is 5. The van der Waals surface area contributed by atoms with E-state index in [4.69, 9.17) is 10.2 Å². The fourth-order valence-electron chi connectivity index (χ4n) is 0.549. The molecule has 0 unspecified atom stereocenters. The van der Waals surface area contributed by atoms with Crippen LogP contribution in [0.2, 0.25) is 0 Å². The van der Waals surface area contributed by atoms with Crippen LogP contribution >= 0.6 is 0 Å². The van der Waals surface area contributed by atoms with Gasteiger partial charge in [-0.3, -0.25) is 4.79 Å². The average molecular weight is 301 g/mol. The number of carbonyl (C=O) groups is 3. The first kappa shape index (κ1) is 23.7. The summed E-state index contributed by atoms with van der Waals surface area (Å²) in [5.74, 6) is -1.59. The first-order chi connectivity index (χ1) is 9.74. The van der Waals surface area contributed by atoms with E-state index in [-0.39, 0.29) is 25.2 Å². The Hall–Kier alpha value is -2.41. The lowest BCUT2D eigenvalue weighted by Gasteiger charge is -2.02. The molecule has 0 aromatic carbocycles. The summed E-state index contributed by atoms with van der Waals surface area (Å²) in [4.78, 5) is 29.8. The lowest BCUT2D eigenvalue weighted by atomic mass is 10.4. The first-order valence-corrected chi connectivity index (χ1v) is 5.93. The van der Waals surface area contributed by atoms with Gasteiger partial charge in [-0.1, -0.05) is 19.7 Å².